The van der Waals surface area contributed by atoms with Gasteiger partial charge in [-0.2, -0.15) is 0 Å². The third kappa shape index (κ3) is 4.16. The summed E-state index contributed by atoms with van der Waals surface area (Å²) in [5, 5.41) is 19.5. The lowest BCUT2D eigenvalue weighted by molar-refractivity contribution is 0.111. The van der Waals surface area contributed by atoms with Crippen LogP contribution in [-0.2, 0) is 10.0 Å². The van der Waals surface area contributed by atoms with Gasteiger partial charge in [-0.3, -0.25) is 9.21 Å². The highest BCUT2D eigenvalue weighted by Crippen LogP contribution is 2.39. The molecule has 1 atom stereocenters. The molecule has 0 saturated carbocycles. The number of hydrogen-bond acceptors (Lipinski definition) is 6. The molecule has 0 radical (unpaired) electrons. The number of nitrogens with zero attached hydrogens (tertiary/aromatic N) is 3. The van der Waals surface area contributed by atoms with Crippen LogP contribution in [0.15, 0.2) is 41.4 Å². The number of ether oxygens (including phenoxy) is 1. The Labute approximate surface area is 179 Å². The lowest BCUT2D eigenvalue weighted by Crippen LogP contribution is -2.47. The van der Waals surface area contributed by atoms with Crippen molar-refractivity contribution in [1.82, 2.24) is 4.98 Å². The second-order valence-electron chi connectivity index (χ2n) is 7.72. The molecule has 2 N–H and O–H groups in total. The van der Waals surface area contributed by atoms with Gasteiger partial charge in [0.25, 0.3) is 10.0 Å². The highest BCUT2D eigenvalue weighted by molar-refractivity contribution is 7.92. The molecule has 0 saturated heterocycles. The minimum Gasteiger partial charge on any atom is -0.468 e. The summed E-state index contributed by atoms with van der Waals surface area (Å²) in [5.74, 6) is -0.0195. The predicted octanol–water partition coefficient (Wildman–Crippen LogP) is 2.97. The molecule has 1 aromatic carbocycles. The molecule has 9 nitrogen and oxygen atoms in total. The molecule has 30 heavy (non-hydrogen) atoms. The second kappa shape index (κ2) is 7.93. The van der Waals surface area contributed by atoms with Gasteiger partial charge >= 0.3 is 6.09 Å². The number of fused-ring (bicyclic) bond motifs is 1. The maximum Gasteiger partial charge on any atom is 0.412 e. The summed E-state index contributed by atoms with van der Waals surface area (Å²) in [6.45, 7) is 4.53. The largest absolute Gasteiger partial charge is 0.468 e. The number of aliphatic hydroxyl groups is 1. The Kier molecular flexibility index (Phi) is 5.85. The molecule has 1 aromatic heterocycles. The summed E-state index contributed by atoms with van der Waals surface area (Å²) in [5.41, 5.74) is -0.541. The van der Waals surface area contributed by atoms with Crippen LogP contribution in [-0.4, -0.2) is 54.5 Å². The third-order valence-corrected chi connectivity index (χ3v) is 6.45. The van der Waals surface area contributed by atoms with Crippen LogP contribution >= 0.6 is 11.6 Å². The van der Waals surface area contributed by atoms with Gasteiger partial charge in [0, 0.05) is 10.6 Å². The molecule has 0 spiro atoms. The number of sulfonamides is 1. The maximum atomic E-state index is 13.3. The number of anilines is 2. The monoisotopic (exact) mass is 455 g/mol. The molecule has 2 aromatic rings. The summed E-state index contributed by atoms with van der Waals surface area (Å²) in [6.07, 6.45) is -0.747. The number of aromatic nitrogens is 1. The molecule has 11 heteroatoms. The zero-order chi connectivity index (χ0) is 22.3. The van der Waals surface area contributed by atoms with Crippen LogP contribution in [0, 0.1) is 0 Å². The molecule has 1 unspecified atom stereocenters. The molecule has 1 amide bonds. The Morgan fingerprint density at radius 1 is 1.37 bits per heavy atom. The van der Waals surface area contributed by atoms with Crippen LogP contribution in [0.5, 0.6) is 5.88 Å². The summed E-state index contributed by atoms with van der Waals surface area (Å²) < 4.78 is 33.3. The zero-order valence-corrected chi connectivity index (χ0v) is 18.2. The van der Waals surface area contributed by atoms with Gasteiger partial charge in [0.1, 0.15) is 11.8 Å². The first-order valence-corrected chi connectivity index (χ1v) is 10.9. The minimum absolute atomic E-state index is 0.0195. The lowest BCUT2D eigenvalue weighted by atomic mass is 10.1. The van der Waals surface area contributed by atoms with Crippen LogP contribution in [0.2, 0.25) is 5.02 Å². The number of aliphatic hydroxyl groups excluding tert-OH is 1. The number of amides is 1. The Hall–Kier alpha value is -2.56. The summed E-state index contributed by atoms with van der Waals surface area (Å²) >= 11 is 5.97. The average molecular weight is 456 g/mol. The topological polar surface area (TPSA) is 120 Å². The van der Waals surface area contributed by atoms with E-state index in [1.165, 1.54) is 30.5 Å². The van der Waals surface area contributed by atoms with Crippen molar-refractivity contribution in [2.24, 2.45) is 0 Å². The van der Waals surface area contributed by atoms with E-state index in [4.69, 9.17) is 16.3 Å². The predicted molar refractivity (Wildman–Crippen MR) is 112 cm³/mol. The van der Waals surface area contributed by atoms with E-state index in [2.05, 4.69) is 4.98 Å². The smallest absolute Gasteiger partial charge is 0.412 e. The summed E-state index contributed by atoms with van der Waals surface area (Å²) in [6, 6.07) is 7.19. The third-order valence-electron chi connectivity index (χ3n) is 4.44. The molecule has 0 aliphatic carbocycles. The lowest BCUT2D eigenvalue weighted by Gasteiger charge is -2.36. The van der Waals surface area contributed by atoms with Gasteiger partial charge in [0.2, 0.25) is 5.88 Å². The van der Waals surface area contributed by atoms with Crippen molar-refractivity contribution in [1.29, 1.82) is 0 Å². The average Bonchev–Trinajstić information content (AvgIpc) is 2.65. The van der Waals surface area contributed by atoms with E-state index in [-0.39, 0.29) is 33.7 Å². The minimum atomic E-state index is -4.09. The van der Waals surface area contributed by atoms with Gasteiger partial charge in [-0.05, 0) is 45.0 Å². The van der Waals surface area contributed by atoms with Gasteiger partial charge in [-0.25, -0.2) is 18.2 Å². The van der Waals surface area contributed by atoms with Crippen LogP contribution < -0.4 is 13.9 Å². The summed E-state index contributed by atoms with van der Waals surface area (Å²) in [4.78, 5) is 17.0. The van der Waals surface area contributed by atoms with Gasteiger partial charge in [-0.15, -0.1) is 0 Å². The molecule has 3 rings (SSSR count). The van der Waals surface area contributed by atoms with Crippen LogP contribution in [0.25, 0.3) is 0 Å². The van der Waals surface area contributed by atoms with E-state index in [1.807, 2.05) is 0 Å². The van der Waals surface area contributed by atoms with Crippen molar-refractivity contribution < 1.29 is 28.2 Å². The van der Waals surface area contributed by atoms with Gasteiger partial charge in [0.05, 0.1) is 29.9 Å². The highest BCUT2D eigenvalue weighted by atomic mass is 35.5. The number of halogens is 1. The molecule has 0 bridgehead atoms. The number of pyridine rings is 1. The number of carboxylic acid groups (broad SMARTS) is 1. The molecule has 162 valence electrons. The Balaban J connectivity index is 2.17. The Morgan fingerprint density at radius 3 is 2.63 bits per heavy atom. The molecular weight excluding hydrogens is 434 g/mol. The van der Waals surface area contributed by atoms with Crippen LogP contribution in [0.3, 0.4) is 0 Å². The fraction of sp³-hybridized carbons (Fsp3) is 0.368. The quantitative estimate of drug-likeness (QED) is 0.726. The van der Waals surface area contributed by atoms with Crippen molar-refractivity contribution in [2.45, 2.75) is 37.3 Å². The van der Waals surface area contributed by atoms with E-state index in [1.54, 1.807) is 26.8 Å². The first-order chi connectivity index (χ1) is 13.9. The molecule has 1 aliphatic rings. The maximum absolute atomic E-state index is 13.3. The van der Waals surface area contributed by atoms with Crippen molar-refractivity contribution in [2.75, 3.05) is 22.4 Å². The van der Waals surface area contributed by atoms with E-state index >= 15 is 0 Å². The Bertz CT molecular complexity index is 1070. The number of rotatable bonds is 4. The standard InChI is InChI=1S/C19H22ClN3O6S/c1-19(2,3)23(18(25)26)13-8-16-17(21-9-13)29-14(11-24)10-22(16)30(27,28)15-6-4-5-12(20)7-15/h4-9,14,24H,10-11H2,1-3H3,(H,25,26). The van der Waals surface area contributed by atoms with Gasteiger partial charge in [0.15, 0.2) is 0 Å². The first kappa shape index (κ1) is 22.1. The van der Waals surface area contributed by atoms with E-state index < -0.39 is 34.4 Å². The van der Waals surface area contributed by atoms with E-state index in [0.717, 1.165) is 9.21 Å². The SMILES string of the molecule is CC(C)(C)N(C(=O)O)c1cnc2c(c1)N(S(=O)(=O)c1cccc(Cl)c1)CC(CO)O2. The first-order valence-electron chi connectivity index (χ1n) is 9.04. The fourth-order valence-electron chi connectivity index (χ4n) is 3.16. The van der Waals surface area contributed by atoms with Crippen molar-refractivity contribution in [3.8, 4) is 5.88 Å². The van der Waals surface area contributed by atoms with Gasteiger partial charge < -0.3 is 14.9 Å². The highest BCUT2D eigenvalue weighted by Gasteiger charge is 2.37. The zero-order valence-electron chi connectivity index (χ0n) is 16.6. The number of benzene rings is 1. The van der Waals surface area contributed by atoms with E-state index in [0.29, 0.717) is 0 Å². The van der Waals surface area contributed by atoms with Crippen molar-refractivity contribution >= 4 is 39.1 Å². The molecular formula is C19H22ClN3O6S. The van der Waals surface area contributed by atoms with Gasteiger partial charge in [-0.1, -0.05) is 17.7 Å². The normalized spacial score (nSPS) is 16.6. The van der Waals surface area contributed by atoms with Crippen molar-refractivity contribution in [3.05, 3.63) is 41.6 Å². The summed E-state index contributed by atoms with van der Waals surface area (Å²) in [7, 11) is -4.09. The Morgan fingerprint density at radius 2 is 2.07 bits per heavy atom. The number of hydrogen-bond donors (Lipinski definition) is 2. The van der Waals surface area contributed by atoms with Crippen LogP contribution in [0.4, 0.5) is 16.2 Å². The van der Waals surface area contributed by atoms with E-state index in [9.17, 15) is 23.4 Å². The fourth-order valence-corrected chi connectivity index (χ4v) is 4.95. The second-order valence-corrected chi connectivity index (χ2v) is 10.0. The molecule has 0 fully saturated rings. The molecule has 2 heterocycles. The van der Waals surface area contributed by atoms with Crippen LogP contribution in [0.1, 0.15) is 20.8 Å². The molecule has 1 aliphatic heterocycles. The number of carbonyl (C=O) groups is 1. The van der Waals surface area contributed by atoms with Crippen molar-refractivity contribution in [3.63, 3.8) is 0 Å².